The molecule has 0 amide bonds. The van der Waals surface area contributed by atoms with E-state index in [9.17, 15) is 0 Å². The van der Waals surface area contributed by atoms with E-state index in [1.807, 2.05) is 20.2 Å². The zero-order chi connectivity index (χ0) is 16.8. The average molecular weight is 337 g/mol. The van der Waals surface area contributed by atoms with Gasteiger partial charge in [-0.3, -0.25) is 9.58 Å². The number of hydrogen-bond donors (Lipinski definition) is 0. The molecule has 0 spiro atoms. The first kappa shape index (κ1) is 16.5. The van der Waals surface area contributed by atoms with Crippen LogP contribution >= 0.6 is 11.6 Å². The summed E-state index contributed by atoms with van der Waals surface area (Å²) in [5.41, 5.74) is 2.14. The summed E-state index contributed by atoms with van der Waals surface area (Å²) in [6.45, 7) is 10.2. The maximum atomic E-state index is 6.46. The number of nitrogens with zero attached hydrogens (tertiary/aromatic N) is 4. The molecule has 3 heterocycles. The van der Waals surface area contributed by atoms with Gasteiger partial charge in [-0.15, -0.1) is 0 Å². The Hall–Kier alpha value is -1.33. The molecule has 1 atom stereocenters. The summed E-state index contributed by atoms with van der Waals surface area (Å²) >= 11 is 6.46. The molecule has 0 N–H and O–H groups in total. The largest absolute Gasteiger partial charge is 0.444 e. The summed E-state index contributed by atoms with van der Waals surface area (Å²) in [6.07, 6.45) is 4.10. The monoisotopic (exact) mass is 336 g/mol. The second-order valence-electron chi connectivity index (χ2n) is 7.41. The van der Waals surface area contributed by atoms with Crippen molar-refractivity contribution in [2.24, 2.45) is 7.05 Å². The Morgan fingerprint density at radius 3 is 2.70 bits per heavy atom. The van der Waals surface area contributed by atoms with Gasteiger partial charge in [0.2, 0.25) is 5.89 Å². The Labute approximate surface area is 142 Å². The second kappa shape index (κ2) is 5.95. The van der Waals surface area contributed by atoms with Gasteiger partial charge in [0.15, 0.2) is 0 Å². The number of hydrogen-bond acceptors (Lipinski definition) is 4. The van der Waals surface area contributed by atoms with E-state index in [0.29, 0.717) is 12.6 Å². The van der Waals surface area contributed by atoms with Gasteiger partial charge >= 0.3 is 0 Å². The van der Waals surface area contributed by atoms with Crippen LogP contribution in [0.4, 0.5) is 0 Å². The van der Waals surface area contributed by atoms with Gasteiger partial charge in [0, 0.05) is 24.1 Å². The van der Waals surface area contributed by atoms with E-state index < -0.39 is 0 Å². The second-order valence-corrected chi connectivity index (χ2v) is 7.77. The lowest BCUT2D eigenvalue weighted by molar-refractivity contribution is 0.217. The smallest absolute Gasteiger partial charge is 0.208 e. The number of oxazole rings is 1. The van der Waals surface area contributed by atoms with Crippen molar-refractivity contribution in [1.29, 1.82) is 0 Å². The molecule has 0 saturated carbocycles. The highest BCUT2D eigenvalue weighted by Crippen LogP contribution is 2.38. The molecule has 1 fully saturated rings. The number of likely N-dealkylation sites (tertiary alicyclic amines) is 1. The summed E-state index contributed by atoms with van der Waals surface area (Å²) < 4.78 is 7.71. The van der Waals surface area contributed by atoms with Crippen LogP contribution in [0.3, 0.4) is 0 Å². The van der Waals surface area contributed by atoms with Gasteiger partial charge in [0.05, 0.1) is 18.4 Å². The van der Waals surface area contributed by atoms with Crippen molar-refractivity contribution >= 4 is 11.6 Å². The minimum Gasteiger partial charge on any atom is -0.444 e. The number of aromatic nitrogens is 3. The molecular formula is C17H25ClN4O. The molecule has 2 aromatic heterocycles. The van der Waals surface area contributed by atoms with E-state index in [2.05, 4.69) is 35.8 Å². The van der Waals surface area contributed by atoms with Crippen LogP contribution in [-0.2, 0) is 19.0 Å². The van der Waals surface area contributed by atoms with Crippen LogP contribution in [-0.4, -0.2) is 26.2 Å². The van der Waals surface area contributed by atoms with Crippen molar-refractivity contribution in [1.82, 2.24) is 19.7 Å². The van der Waals surface area contributed by atoms with Gasteiger partial charge in [-0.05, 0) is 26.3 Å². The first-order valence-corrected chi connectivity index (χ1v) is 8.53. The molecule has 6 heteroatoms. The predicted octanol–water partition coefficient (Wildman–Crippen LogP) is 4.00. The normalized spacial score (nSPS) is 19.7. The lowest BCUT2D eigenvalue weighted by atomic mass is 9.94. The topological polar surface area (TPSA) is 47.1 Å². The fourth-order valence-corrected chi connectivity index (χ4v) is 3.57. The van der Waals surface area contributed by atoms with Gasteiger partial charge in [-0.2, -0.15) is 5.10 Å². The van der Waals surface area contributed by atoms with Crippen molar-refractivity contribution in [3.63, 3.8) is 0 Å². The molecule has 0 bridgehead atoms. The van der Waals surface area contributed by atoms with Crippen molar-refractivity contribution in [2.45, 2.75) is 58.5 Å². The van der Waals surface area contributed by atoms with E-state index in [-0.39, 0.29) is 5.41 Å². The Morgan fingerprint density at radius 2 is 2.13 bits per heavy atom. The fraction of sp³-hybridized carbons (Fsp3) is 0.647. The minimum absolute atomic E-state index is 0.0150. The first-order chi connectivity index (χ1) is 10.8. The van der Waals surface area contributed by atoms with E-state index in [1.165, 1.54) is 0 Å². The standard InChI is InChI=1S/C17H25ClN4O/c1-11-15(16(18)21(5)20-11)12-7-6-8-22(12)10-14-19-9-13(23-14)17(2,3)4/h9,12H,6-8,10H2,1-5H3. The summed E-state index contributed by atoms with van der Waals surface area (Å²) in [4.78, 5) is 6.86. The van der Waals surface area contributed by atoms with Crippen LogP contribution in [0.2, 0.25) is 5.15 Å². The SMILES string of the molecule is Cc1nn(C)c(Cl)c1C1CCCN1Cc1ncc(C(C)(C)C)o1. The van der Waals surface area contributed by atoms with Gasteiger partial charge in [-0.1, -0.05) is 32.4 Å². The van der Waals surface area contributed by atoms with Crippen LogP contribution < -0.4 is 0 Å². The van der Waals surface area contributed by atoms with E-state index in [1.54, 1.807) is 4.68 Å². The van der Waals surface area contributed by atoms with Crippen LogP contribution in [0.25, 0.3) is 0 Å². The highest BCUT2D eigenvalue weighted by molar-refractivity contribution is 6.30. The highest BCUT2D eigenvalue weighted by Gasteiger charge is 2.32. The summed E-state index contributed by atoms with van der Waals surface area (Å²) in [7, 11) is 1.89. The summed E-state index contributed by atoms with van der Waals surface area (Å²) in [6, 6.07) is 0.293. The molecular weight excluding hydrogens is 312 g/mol. The first-order valence-electron chi connectivity index (χ1n) is 8.15. The zero-order valence-electron chi connectivity index (χ0n) is 14.6. The lowest BCUT2D eigenvalue weighted by Crippen LogP contribution is -2.23. The van der Waals surface area contributed by atoms with Crippen LogP contribution in [0.15, 0.2) is 10.6 Å². The molecule has 1 aliphatic heterocycles. The Kier molecular flexibility index (Phi) is 4.27. The van der Waals surface area contributed by atoms with Crippen molar-refractivity contribution in [3.05, 3.63) is 34.3 Å². The molecule has 1 unspecified atom stereocenters. The molecule has 23 heavy (non-hydrogen) atoms. The van der Waals surface area contributed by atoms with Crippen LogP contribution in [0.1, 0.15) is 62.6 Å². The van der Waals surface area contributed by atoms with Crippen molar-refractivity contribution in [3.8, 4) is 0 Å². The highest BCUT2D eigenvalue weighted by atomic mass is 35.5. The lowest BCUT2D eigenvalue weighted by Gasteiger charge is -2.23. The number of halogens is 1. The molecule has 126 valence electrons. The Morgan fingerprint density at radius 1 is 1.39 bits per heavy atom. The van der Waals surface area contributed by atoms with Gasteiger partial charge in [0.1, 0.15) is 10.9 Å². The summed E-state index contributed by atoms with van der Waals surface area (Å²) in [5.74, 6) is 1.71. The van der Waals surface area contributed by atoms with Crippen molar-refractivity contribution in [2.75, 3.05) is 6.54 Å². The van der Waals surface area contributed by atoms with Crippen LogP contribution in [0.5, 0.6) is 0 Å². The molecule has 0 aliphatic carbocycles. The van der Waals surface area contributed by atoms with Gasteiger partial charge in [-0.25, -0.2) is 4.98 Å². The number of aryl methyl sites for hydroxylation is 2. The predicted molar refractivity (Wildman–Crippen MR) is 90.5 cm³/mol. The molecule has 5 nitrogen and oxygen atoms in total. The third kappa shape index (κ3) is 3.17. The summed E-state index contributed by atoms with van der Waals surface area (Å²) in [5, 5.41) is 5.19. The van der Waals surface area contributed by atoms with Gasteiger partial charge < -0.3 is 4.42 Å². The molecule has 2 aromatic rings. The Balaban J connectivity index is 1.81. The van der Waals surface area contributed by atoms with E-state index in [0.717, 1.165) is 47.4 Å². The van der Waals surface area contributed by atoms with Crippen LogP contribution in [0, 0.1) is 6.92 Å². The minimum atomic E-state index is -0.0150. The van der Waals surface area contributed by atoms with Gasteiger partial charge in [0.25, 0.3) is 0 Å². The molecule has 3 rings (SSSR count). The van der Waals surface area contributed by atoms with E-state index in [4.69, 9.17) is 16.0 Å². The number of rotatable bonds is 3. The Bertz CT molecular complexity index is 698. The molecule has 1 aliphatic rings. The third-order valence-corrected chi connectivity index (χ3v) is 4.97. The zero-order valence-corrected chi connectivity index (χ0v) is 15.3. The van der Waals surface area contributed by atoms with E-state index >= 15 is 0 Å². The third-order valence-electron chi connectivity index (χ3n) is 4.52. The fourth-order valence-electron chi connectivity index (χ4n) is 3.27. The molecule has 0 radical (unpaired) electrons. The maximum Gasteiger partial charge on any atom is 0.208 e. The average Bonchev–Trinajstić information content (AvgIpc) is 3.13. The van der Waals surface area contributed by atoms with Crippen molar-refractivity contribution < 1.29 is 4.42 Å². The quantitative estimate of drug-likeness (QED) is 0.849. The maximum absolute atomic E-state index is 6.46. The molecule has 1 saturated heterocycles. The molecule has 0 aromatic carbocycles.